The van der Waals surface area contributed by atoms with Crippen LogP contribution in [0.15, 0.2) is 36.2 Å². The minimum atomic E-state index is -4.77. The van der Waals surface area contributed by atoms with Crippen LogP contribution in [0.3, 0.4) is 0 Å². The van der Waals surface area contributed by atoms with Gasteiger partial charge in [0.25, 0.3) is 0 Å². The van der Waals surface area contributed by atoms with Gasteiger partial charge in [-0.2, -0.15) is 0 Å². The minimum absolute atomic E-state index is 0.00940. The first-order valence-electron chi connectivity index (χ1n) is 11.0. The van der Waals surface area contributed by atoms with E-state index in [4.69, 9.17) is 5.73 Å². The molecule has 4 N–H and O–H groups in total. The third-order valence-corrected chi connectivity index (χ3v) is 6.18. The fraction of sp³-hybridized carbons (Fsp3) is 0.545. The lowest BCUT2D eigenvalue weighted by Crippen LogP contribution is -2.55. The predicted octanol–water partition coefficient (Wildman–Crippen LogP) is 2.98. The van der Waals surface area contributed by atoms with Crippen LogP contribution in [0.2, 0.25) is 0 Å². The van der Waals surface area contributed by atoms with Gasteiger partial charge in [0.05, 0.1) is 12.6 Å². The lowest BCUT2D eigenvalue weighted by atomic mass is 10.0. The molecule has 0 bridgehead atoms. The molecular formula is C22H28F3N5O3. The first-order chi connectivity index (χ1) is 15.6. The molecule has 1 aromatic carbocycles. The van der Waals surface area contributed by atoms with Gasteiger partial charge < -0.3 is 30.9 Å². The summed E-state index contributed by atoms with van der Waals surface area (Å²) in [6.07, 6.45) is 0.448. The van der Waals surface area contributed by atoms with E-state index in [1.54, 1.807) is 13.0 Å². The Morgan fingerprint density at radius 3 is 2.70 bits per heavy atom. The molecule has 0 spiro atoms. The number of piperidine rings is 1. The van der Waals surface area contributed by atoms with Gasteiger partial charge in [-0.1, -0.05) is 6.07 Å². The van der Waals surface area contributed by atoms with Crippen molar-refractivity contribution in [1.82, 2.24) is 15.1 Å². The van der Waals surface area contributed by atoms with Crippen molar-refractivity contribution in [3.05, 3.63) is 36.2 Å². The molecule has 3 fully saturated rings. The number of alkyl halides is 3. The predicted molar refractivity (Wildman–Crippen MR) is 115 cm³/mol. The summed E-state index contributed by atoms with van der Waals surface area (Å²) in [5.41, 5.74) is 6.63. The number of carbonyl (C=O) groups is 2. The van der Waals surface area contributed by atoms with Gasteiger partial charge in [0, 0.05) is 49.2 Å². The van der Waals surface area contributed by atoms with Crippen LogP contribution in [0, 0.1) is 5.92 Å². The highest BCUT2D eigenvalue weighted by molar-refractivity contribution is 5.77. The number of likely N-dealkylation sites (tertiary alicyclic amines) is 1. The Labute approximate surface area is 189 Å². The zero-order valence-electron chi connectivity index (χ0n) is 18.3. The summed E-state index contributed by atoms with van der Waals surface area (Å²) in [4.78, 5) is 28.7. The van der Waals surface area contributed by atoms with E-state index in [1.807, 2.05) is 9.80 Å². The molecule has 1 saturated heterocycles. The molecule has 11 heteroatoms. The number of amides is 3. The number of nitrogens with two attached hydrogens (primary N) is 1. The number of hydrogen-bond acceptors (Lipinski definition) is 5. The van der Waals surface area contributed by atoms with Gasteiger partial charge in [-0.15, -0.1) is 13.2 Å². The minimum Gasteiger partial charge on any atom is -0.406 e. The van der Waals surface area contributed by atoms with E-state index in [-0.39, 0.29) is 36.3 Å². The van der Waals surface area contributed by atoms with E-state index in [2.05, 4.69) is 15.4 Å². The number of urea groups is 1. The normalized spacial score (nSPS) is 24.5. The second kappa shape index (κ2) is 9.03. The maximum Gasteiger partial charge on any atom is 0.573 e. The highest BCUT2D eigenvalue weighted by Gasteiger charge is 2.51. The van der Waals surface area contributed by atoms with Crippen LogP contribution < -0.4 is 21.1 Å². The summed E-state index contributed by atoms with van der Waals surface area (Å²) in [5.74, 6) is 0.164. The molecule has 3 atom stereocenters. The molecule has 3 amide bonds. The molecule has 0 aromatic heterocycles. The number of carbonyl (C=O) groups excluding carboxylic acids is 2. The molecule has 2 unspecified atom stereocenters. The molecular weight excluding hydrogens is 439 g/mol. The van der Waals surface area contributed by atoms with E-state index in [0.717, 1.165) is 25.7 Å². The number of nitrogens with zero attached hydrogens (tertiary/aromatic N) is 2. The Balaban J connectivity index is 1.31. The van der Waals surface area contributed by atoms with E-state index in [1.165, 1.54) is 24.4 Å². The number of halogens is 3. The van der Waals surface area contributed by atoms with Crippen LogP contribution in [0.1, 0.15) is 32.6 Å². The topological polar surface area (TPSA) is 99.9 Å². The largest absolute Gasteiger partial charge is 0.573 e. The van der Waals surface area contributed by atoms with Crippen LogP contribution in [0.25, 0.3) is 0 Å². The number of nitrogens with one attached hydrogen (secondary N) is 2. The summed E-state index contributed by atoms with van der Waals surface area (Å²) in [6, 6.07) is 5.65. The van der Waals surface area contributed by atoms with Crippen molar-refractivity contribution in [2.45, 2.75) is 57.1 Å². The summed E-state index contributed by atoms with van der Waals surface area (Å²) < 4.78 is 41.0. The summed E-state index contributed by atoms with van der Waals surface area (Å²) in [7, 11) is 0. The Kier molecular flexibility index (Phi) is 6.31. The van der Waals surface area contributed by atoms with Crippen LogP contribution in [0.5, 0.6) is 5.75 Å². The molecule has 4 rings (SSSR count). The van der Waals surface area contributed by atoms with Crippen molar-refractivity contribution in [3.63, 3.8) is 0 Å². The standard InChI is InChI=1S/C22H28F3N5O3/c1-13(31)29-12-18(7-14-8-20(14)29)30(17-5-6-17)21(32)28-11-15(26)10-27-16-3-2-4-19(9-16)33-22(23,24)25/h2-4,9-10,14,17-18,20,27H,5-8,11-12,26H2,1H3,(H,28,32)/b15-10-/t14?,18-,20?/m1/s1. The average Bonchev–Trinajstić information content (AvgIpc) is 3.64. The third kappa shape index (κ3) is 6.02. The molecule has 0 radical (unpaired) electrons. The third-order valence-electron chi connectivity index (χ3n) is 6.18. The van der Waals surface area contributed by atoms with Crippen molar-refractivity contribution >= 4 is 17.6 Å². The number of anilines is 1. The van der Waals surface area contributed by atoms with Gasteiger partial charge in [0.2, 0.25) is 5.91 Å². The zero-order valence-corrected chi connectivity index (χ0v) is 18.3. The Bertz CT molecular complexity index is 934. The fourth-order valence-electron chi connectivity index (χ4n) is 4.48. The van der Waals surface area contributed by atoms with Crippen molar-refractivity contribution in [2.75, 3.05) is 18.4 Å². The second-order valence-corrected chi connectivity index (χ2v) is 8.86. The number of ether oxygens (including phenoxy) is 1. The second-order valence-electron chi connectivity index (χ2n) is 8.86. The average molecular weight is 467 g/mol. The van der Waals surface area contributed by atoms with E-state index < -0.39 is 6.36 Å². The van der Waals surface area contributed by atoms with Gasteiger partial charge in [-0.05, 0) is 43.7 Å². The maximum absolute atomic E-state index is 13.0. The first-order valence-corrected chi connectivity index (χ1v) is 11.0. The van der Waals surface area contributed by atoms with Crippen molar-refractivity contribution < 1.29 is 27.5 Å². The van der Waals surface area contributed by atoms with Crippen LogP contribution >= 0.6 is 0 Å². The molecule has 180 valence electrons. The van der Waals surface area contributed by atoms with Crippen LogP contribution in [-0.2, 0) is 4.79 Å². The molecule has 2 saturated carbocycles. The monoisotopic (exact) mass is 467 g/mol. The molecule has 1 aromatic rings. The summed E-state index contributed by atoms with van der Waals surface area (Å²) in [5, 5.41) is 5.64. The van der Waals surface area contributed by atoms with Gasteiger partial charge in [-0.25, -0.2) is 4.79 Å². The Morgan fingerprint density at radius 2 is 2.03 bits per heavy atom. The Morgan fingerprint density at radius 1 is 1.27 bits per heavy atom. The van der Waals surface area contributed by atoms with E-state index in [0.29, 0.717) is 29.9 Å². The Hall–Kier alpha value is -3.11. The fourth-order valence-corrected chi connectivity index (χ4v) is 4.48. The van der Waals surface area contributed by atoms with Gasteiger partial charge in [0.15, 0.2) is 0 Å². The molecule has 1 aliphatic heterocycles. The number of hydrogen-bond donors (Lipinski definition) is 3. The highest BCUT2D eigenvalue weighted by atomic mass is 19.4. The first kappa shape index (κ1) is 23.1. The van der Waals surface area contributed by atoms with Crippen molar-refractivity contribution in [1.29, 1.82) is 0 Å². The quantitative estimate of drug-likeness (QED) is 0.573. The molecule has 3 aliphatic rings. The highest BCUT2D eigenvalue weighted by Crippen LogP contribution is 2.45. The summed E-state index contributed by atoms with van der Waals surface area (Å²) in [6.45, 7) is 2.20. The van der Waals surface area contributed by atoms with Crippen molar-refractivity contribution in [2.24, 2.45) is 11.7 Å². The van der Waals surface area contributed by atoms with Crippen molar-refractivity contribution in [3.8, 4) is 5.75 Å². The van der Waals surface area contributed by atoms with Gasteiger partial charge in [0.1, 0.15) is 5.75 Å². The van der Waals surface area contributed by atoms with Gasteiger partial charge >= 0.3 is 12.4 Å². The smallest absolute Gasteiger partial charge is 0.406 e. The number of rotatable bonds is 7. The van der Waals surface area contributed by atoms with Crippen LogP contribution in [0.4, 0.5) is 23.7 Å². The summed E-state index contributed by atoms with van der Waals surface area (Å²) >= 11 is 0. The SMILES string of the molecule is CC(=O)N1C[C@H](N(C(=O)NC/C(N)=C/Nc2cccc(OC(F)(F)F)c2)C2CC2)CC2CC21. The molecule has 8 nitrogen and oxygen atoms in total. The number of fused-ring (bicyclic) bond motifs is 1. The molecule has 33 heavy (non-hydrogen) atoms. The zero-order chi connectivity index (χ0) is 23.8. The van der Waals surface area contributed by atoms with Gasteiger partial charge in [-0.3, -0.25) is 4.79 Å². The lowest BCUT2D eigenvalue weighted by Gasteiger charge is -2.39. The van der Waals surface area contributed by atoms with E-state index >= 15 is 0 Å². The molecule has 2 aliphatic carbocycles. The van der Waals surface area contributed by atoms with Crippen LogP contribution in [-0.4, -0.2) is 59.3 Å². The van der Waals surface area contributed by atoms with E-state index in [9.17, 15) is 22.8 Å². The number of benzene rings is 1. The lowest BCUT2D eigenvalue weighted by molar-refractivity contribution is -0.274. The maximum atomic E-state index is 13.0. The molecule has 1 heterocycles.